The Kier molecular flexibility index (Phi) is 4.61. The first-order chi connectivity index (χ1) is 9.91. The molecule has 21 heavy (non-hydrogen) atoms. The van der Waals surface area contributed by atoms with E-state index in [2.05, 4.69) is 0 Å². The fraction of sp³-hybridized carbons (Fsp3) is 0.562. The maximum atomic E-state index is 13.9. The normalized spacial score (nSPS) is 24.2. The third-order valence-corrected chi connectivity index (χ3v) is 4.53. The van der Waals surface area contributed by atoms with Gasteiger partial charge in [-0.3, -0.25) is 9.69 Å². The molecule has 0 amide bonds. The largest absolute Gasteiger partial charge is 0.481 e. The number of aliphatic carboxylic acids is 1. The third kappa shape index (κ3) is 2.93. The molecule has 2 unspecified atom stereocenters. The predicted molar refractivity (Wildman–Crippen MR) is 75.9 cm³/mol. The Hall–Kier alpha value is -1.49. The van der Waals surface area contributed by atoms with Gasteiger partial charge in [-0.2, -0.15) is 0 Å². The van der Waals surface area contributed by atoms with Gasteiger partial charge >= 0.3 is 5.97 Å². The molecule has 0 radical (unpaired) electrons. The van der Waals surface area contributed by atoms with Crippen molar-refractivity contribution >= 4 is 5.97 Å². The van der Waals surface area contributed by atoms with Gasteiger partial charge in [-0.25, -0.2) is 8.78 Å². The summed E-state index contributed by atoms with van der Waals surface area (Å²) in [6.07, 6.45) is 1.89. The van der Waals surface area contributed by atoms with Gasteiger partial charge in [0.05, 0.1) is 5.41 Å². The Morgan fingerprint density at radius 3 is 2.57 bits per heavy atom. The molecule has 1 aromatic carbocycles. The van der Waals surface area contributed by atoms with Crippen LogP contribution in [0.25, 0.3) is 0 Å². The van der Waals surface area contributed by atoms with Crippen molar-refractivity contribution in [3.8, 4) is 0 Å². The molecular weight excluding hydrogens is 276 g/mol. The van der Waals surface area contributed by atoms with Crippen LogP contribution < -0.4 is 0 Å². The second kappa shape index (κ2) is 6.10. The SMILES string of the molecule is CCCC1(C(=O)O)CCN(C(C)c2c(F)cccc2F)C1. The van der Waals surface area contributed by atoms with Gasteiger partial charge in [-0.15, -0.1) is 0 Å². The lowest BCUT2D eigenvalue weighted by molar-refractivity contribution is -0.148. The molecule has 1 saturated heterocycles. The number of hydrogen-bond acceptors (Lipinski definition) is 2. The number of benzene rings is 1. The highest BCUT2D eigenvalue weighted by Crippen LogP contribution is 2.40. The summed E-state index contributed by atoms with van der Waals surface area (Å²) in [4.78, 5) is 13.4. The van der Waals surface area contributed by atoms with E-state index in [9.17, 15) is 18.7 Å². The lowest BCUT2D eigenvalue weighted by atomic mass is 9.82. The van der Waals surface area contributed by atoms with Gasteiger partial charge in [-0.05, 0) is 38.4 Å². The van der Waals surface area contributed by atoms with E-state index in [-0.39, 0.29) is 5.56 Å². The van der Waals surface area contributed by atoms with Crippen molar-refractivity contribution in [2.75, 3.05) is 13.1 Å². The first-order valence-electron chi connectivity index (χ1n) is 7.32. The number of rotatable bonds is 5. The average molecular weight is 297 g/mol. The lowest BCUT2D eigenvalue weighted by Gasteiger charge is -2.28. The molecule has 0 aromatic heterocycles. The Morgan fingerprint density at radius 1 is 1.43 bits per heavy atom. The van der Waals surface area contributed by atoms with Crippen LogP contribution in [-0.4, -0.2) is 29.1 Å². The molecule has 3 nitrogen and oxygen atoms in total. The minimum absolute atomic E-state index is 0.0233. The summed E-state index contributed by atoms with van der Waals surface area (Å²) in [5.41, 5.74) is -0.764. The molecule has 0 saturated carbocycles. The summed E-state index contributed by atoms with van der Waals surface area (Å²) in [6, 6.07) is 3.34. The molecule has 1 aromatic rings. The molecule has 1 N–H and O–H groups in total. The van der Waals surface area contributed by atoms with Crippen molar-refractivity contribution in [1.82, 2.24) is 4.90 Å². The number of hydrogen-bond donors (Lipinski definition) is 1. The second-order valence-corrected chi connectivity index (χ2v) is 5.87. The molecule has 0 bridgehead atoms. The summed E-state index contributed by atoms with van der Waals surface area (Å²) < 4.78 is 27.7. The summed E-state index contributed by atoms with van der Waals surface area (Å²) in [5, 5.41) is 9.50. The summed E-state index contributed by atoms with van der Waals surface area (Å²) in [7, 11) is 0. The van der Waals surface area contributed by atoms with Crippen LogP contribution in [0, 0.1) is 17.0 Å². The van der Waals surface area contributed by atoms with Crippen molar-refractivity contribution in [2.24, 2.45) is 5.41 Å². The molecule has 0 aliphatic carbocycles. The molecule has 2 rings (SSSR count). The lowest BCUT2D eigenvalue weighted by Crippen LogP contribution is -2.35. The highest BCUT2D eigenvalue weighted by molar-refractivity contribution is 5.75. The maximum absolute atomic E-state index is 13.9. The fourth-order valence-corrected chi connectivity index (χ4v) is 3.29. The number of nitrogens with zero attached hydrogens (tertiary/aromatic N) is 1. The van der Waals surface area contributed by atoms with Gasteiger partial charge in [0.25, 0.3) is 0 Å². The van der Waals surface area contributed by atoms with Crippen molar-refractivity contribution < 1.29 is 18.7 Å². The van der Waals surface area contributed by atoms with Crippen LogP contribution in [0.4, 0.5) is 8.78 Å². The van der Waals surface area contributed by atoms with Gasteiger partial charge in [0, 0.05) is 18.2 Å². The Balaban J connectivity index is 2.23. The quantitative estimate of drug-likeness (QED) is 0.902. The van der Waals surface area contributed by atoms with Crippen molar-refractivity contribution in [1.29, 1.82) is 0 Å². The summed E-state index contributed by atoms with van der Waals surface area (Å²) in [6.45, 7) is 4.56. The Bertz CT molecular complexity index is 515. The molecule has 1 aliphatic rings. The van der Waals surface area contributed by atoms with E-state index < -0.39 is 29.1 Å². The first-order valence-corrected chi connectivity index (χ1v) is 7.32. The maximum Gasteiger partial charge on any atom is 0.310 e. The minimum Gasteiger partial charge on any atom is -0.481 e. The van der Waals surface area contributed by atoms with Gasteiger partial charge in [0.1, 0.15) is 11.6 Å². The zero-order valence-electron chi connectivity index (χ0n) is 12.4. The monoisotopic (exact) mass is 297 g/mol. The number of halogens is 2. The van der Waals surface area contributed by atoms with Gasteiger partial charge < -0.3 is 5.11 Å². The van der Waals surface area contributed by atoms with Crippen LogP contribution in [0.5, 0.6) is 0 Å². The van der Waals surface area contributed by atoms with Gasteiger partial charge in [0.2, 0.25) is 0 Å². The highest BCUT2D eigenvalue weighted by Gasteiger charge is 2.45. The molecule has 0 spiro atoms. The smallest absolute Gasteiger partial charge is 0.310 e. The molecule has 1 heterocycles. The number of carboxylic acid groups (broad SMARTS) is 1. The van der Waals surface area contributed by atoms with Crippen molar-refractivity contribution in [3.63, 3.8) is 0 Å². The van der Waals surface area contributed by atoms with Crippen LogP contribution in [0.1, 0.15) is 44.7 Å². The molecular formula is C16H21F2NO2. The summed E-state index contributed by atoms with van der Waals surface area (Å²) >= 11 is 0. The van der Waals surface area contributed by atoms with Crippen molar-refractivity contribution in [3.05, 3.63) is 35.4 Å². The van der Waals surface area contributed by atoms with E-state index in [0.29, 0.717) is 25.9 Å². The van der Waals surface area contributed by atoms with Gasteiger partial charge in [0.15, 0.2) is 0 Å². The standard InChI is InChI=1S/C16H21F2NO2/c1-3-7-16(15(20)21)8-9-19(10-16)11(2)14-12(17)5-4-6-13(14)18/h4-6,11H,3,7-10H2,1-2H3,(H,20,21). The van der Waals surface area contributed by atoms with E-state index in [1.807, 2.05) is 11.8 Å². The summed E-state index contributed by atoms with van der Waals surface area (Å²) in [5.74, 6) is -1.97. The third-order valence-electron chi connectivity index (χ3n) is 4.53. The molecule has 2 atom stereocenters. The molecule has 116 valence electrons. The number of carboxylic acids is 1. The van der Waals surface area contributed by atoms with Crippen LogP contribution in [0.15, 0.2) is 18.2 Å². The molecule has 1 fully saturated rings. The van der Waals surface area contributed by atoms with Crippen LogP contribution >= 0.6 is 0 Å². The average Bonchev–Trinajstić information content (AvgIpc) is 2.84. The second-order valence-electron chi connectivity index (χ2n) is 5.87. The van der Waals surface area contributed by atoms with E-state index >= 15 is 0 Å². The van der Waals surface area contributed by atoms with E-state index in [1.54, 1.807) is 6.92 Å². The van der Waals surface area contributed by atoms with Crippen molar-refractivity contribution in [2.45, 2.75) is 39.2 Å². The zero-order chi connectivity index (χ0) is 15.6. The predicted octanol–water partition coefficient (Wildman–Crippen LogP) is 3.60. The molecule has 1 aliphatic heterocycles. The van der Waals surface area contributed by atoms with Crippen LogP contribution in [0.3, 0.4) is 0 Å². The number of carbonyl (C=O) groups is 1. The molecule has 5 heteroatoms. The zero-order valence-corrected chi connectivity index (χ0v) is 12.4. The van der Waals surface area contributed by atoms with E-state index in [4.69, 9.17) is 0 Å². The minimum atomic E-state index is -0.812. The Labute approximate surface area is 123 Å². The van der Waals surface area contributed by atoms with Gasteiger partial charge in [-0.1, -0.05) is 19.4 Å². The van der Waals surface area contributed by atoms with E-state index in [0.717, 1.165) is 6.42 Å². The first kappa shape index (κ1) is 15.9. The Morgan fingerprint density at radius 2 is 2.05 bits per heavy atom. The van der Waals surface area contributed by atoms with Crippen LogP contribution in [-0.2, 0) is 4.79 Å². The van der Waals surface area contributed by atoms with E-state index in [1.165, 1.54) is 18.2 Å². The number of likely N-dealkylation sites (tertiary alicyclic amines) is 1. The highest BCUT2D eigenvalue weighted by atomic mass is 19.1. The fourth-order valence-electron chi connectivity index (χ4n) is 3.29. The topological polar surface area (TPSA) is 40.5 Å². The van der Waals surface area contributed by atoms with Crippen LogP contribution in [0.2, 0.25) is 0 Å².